The summed E-state index contributed by atoms with van der Waals surface area (Å²) < 4.78 is 0. The second kappa shape index (κ2) is 6.98. The van der Waals surface area contributed by atoms with E-state index in [-0.39, 0.29) is 0 Å². The van der Waals surface area contributed by atoms with E-state index in [1.165, 1.54) is 64.2 Å². The van der Waals surface area contributed by atoms with Gasteiger partial charge in [-0.25, -0.2) is 10.4 Å². The van der Waals surface area contributed by atoms with Crippen molar-refractivity contribution in [1.29, 1.82) is 5.26 Å². The van der Waals surface area contributed by atoms with Crippen LogP contribution in [0.4, 0.5) is 0 Å². The maximum Gasteiger partial charge on any atom is 0.0974 e. The Bertz CT molecular complexity index is 229. The molecule has 0 amide bonds. The largest absolute Gasteiger partial charge is 0.240 e. The van der Waals surface area contributed by atoms with E-state index in [2.05, 4.69) is 16.5 Å². The van der Waals surface area contributed by atoms with Crippen molar-refractivity contribution < 1.29 is 0 Å². The predicted molar refractivity (Wildman–Crippen MR) is 69.2 cm³/mol. The standard InChI is InChI=1S/C14H25N3/c15-11-12-16-17(13-7-3-1-4-8-13)14-9-5-2-6-10-14/h13-14,16H,1-10,12H2. The van der Waals surface area contributed by atoms with Crippen molar-refractivity contribution in [1.82, 2.24) is 10.4 Å². The van der Waals surface area contributed by atoms with Crippen LogP contribution in [0.2, 0.25) is 0 Å². The lowest BCUT2D eigenvalue weighted by Crippen LogP contribution is -2.53. The van der Waals surface area contributed by atoms with Gasteiger partial charge in [0.05, 0.1) is 12.6 Å². The van der Waals surface area contributed by atoms with Gasteiger partial charge in [-0.15, -0.1) is 0 Å². The molecule has 0 aromatic carbocycles. The Labute approximate surface area is 105 Å². The maximum absolute atomic E-state index is 8.77. The fraction of sp³-hybridized carbons (Fsp3) is 0.929. The quantitative estimate of drug-likeness (QED) is 0.601. The van der Waals surface area contributed by atoms with Crippen LogP contribution in [0.15, 0.2) is 0 Å². The van der Waals surface area contributed by atoms with E-state index in [0.717, 1.165) is 0 Å². The fourth-order valence-electron chi connectivity index (χ4n) is 3.40. The molecular formula is C14H25N3. The minimum atomic E-state index is 0.465. The lowest BCUT2D eigenvalue weighted by Gasteiger charge is -2.41. The maximum atomic E-state index is 8.77. The van der Waals surface area contributed by atoms with E-state index in [4.69, 9.17) is 5.26 Å². The molecule has 0 aliphatic heterocycles. The molecule has 96 valence electrons. The first-order chi connectivity index (χ1) is 8.42. The first kappa shape index (κ1) is 12.9. The van der Waals surface area contributed by atoms with E-state index >= 15 is 0 Å². The average Bonchev–Trinajstić information content (AvgIpc) is 2.42. The summed E-state index contributed by atoms with van der Waals surface area (Å²) in [6.45, 7) is 0.465. The minimum absolute atomic E-state index is 0.465. The van der Waals surface area contributed by atoms with Gasteiger partial charge in [-0.1, -0.05) is 38.5 Å². The molecule has 2 rings (SSSR count). The van der Waals surface area contributed by atoms with E-state index in [1.54, 1.807) is 0 Å². The van der Waals surface area contributed by atoms with Crippen LogP contribution in [0.1, 0.15) is 64.2 Å². The van der Waals surface area contributed by atoms with Gasteiger partial charge in [0.15, 0.2) is 0 Å². The van der Waals surface area contributed by atoms with Crippen LogP contribution in [0.3, 0.4) is 0 Å². The third-order valence-electron chi connectivity index (χ3n) is 4.28. The summed E-state index contributed by atoms with van der Waals surface area (Å²) in [7, 11) is 0. The highest BCUT2D eigenvalue weighted by Gasteiger charge is 2.28. The predicted octanol–water partition coefficient (Wildman–Crippen LogP) is 2.98. The van der Waals surface area contributed by atoms with Gasteiger partial charge in [0, 0.05) is 12.1 Å². The zero-order valence-corrected chi connectivity index (χ0v) is 10.8. The molecule has 0 aromatic rings. The molecule has 0 atom stereocenters. The van der Waals surface area contributed by atoms with Crippen LogP contribution < -0.4 is 5.43 Å². The Hall–Kier alpha value is -0.590. The van der Waals surface area contributed by atoms with Crippen molar-refractivity contribution in [2.75, 3.05) is 6.54 Å². The summed E-state index contributed by atoms with van der Waals surface area (Å²) in [6, 6.07) is 3.59. The monoisotopic (exact) mass is 235 g/mol. The second-order valence-electron chi connectivity index (χ2n) is 5.48. The number of nitrogens with zero attached hydrogens (tertiary/aromatic N) is 2. The molecule has 2 aliphatic carbocycles. The lowest BCUT2D eigenvalue weighted by atomic mass is 9.90. The van der Waals surface area contributed by atoms with E-state index < -0.39 is 0 Å². The van der Waals surface area contributed by atoms with Gasteiger partial charge in [0.1, 0.15) is 0 Å². The van der Waals surface area contributed by atoms with E-state index in [9.17, 15) is 0 Å². The second-order valence-corrected chi connectivity index (χ2v) is 5.48. The smallest absolute Gasteiger partial charge is 0.0974 e. The molecular weight excluding hydrogens is 210 g/mol. The zero-order chi connectivity index (χ0) is 11.9. The molecule has 2 saturated carbocycles. The van der Waals surface area contributed by atoms with Crippen molar-refractivity contribution >= 4 is 0 Å². The molecule has 1 N–H and O–H groups in total. The van der Waals surface area contributed by atoms with Crippen molar-refractivity contribution in [3.63, 3.8) is 0 Å². The molecule has 17 heavy (non-hydrogen) atoms. The van der Waals surface area contributed by atoms with Crippen LogP contribution in [0.5, 0.6) is 0 Å². The molecule has 0 unspecified atom stereocenters. The molecule has 2 fully saturated rings. The molecule has 0 saturated heterocycles. The fourth-order valence-corrected chi connectivity index (χ4v) is 3.40. The van der Waals surface area contributed by atoms with Gasteiger partial charge >= 0.3 is 0 Å². The highest BCUT2D eigenvalue weighted by Crippen LogP contribution is 2.28. The Morgan fingerprint density at radius 1 is 0.882 bits per heavy atom. The molecule has 0 spiro atoms. The molecule has 0 heterocycles. The normalized spacial score (nSPS) is 23.8. The Morgan fingerprint density at radius 3 is 1.76 bits per heavy atom. The summed E-state index contributed by atoms with van der Waals surface area (Å²) in [6.07, 6.45) is 13.5. The summed E-state index contributed by atoms with van der Waals surface area (Å²) in [5, 5.41) is 11.2. The zero-order valence-electron chi connectivity index (χ0n) is 10.8. The van der Waals surface area contributed by atoms with E-state index in [0.29, 0.717) is 18.6 Å². The van der Waals surface area contributed by atoms with E-state index in [1.807, 2.05) is 0 Å². The third-order valence-corrected chi connectivity index (χ3v) is 4.28. The van der Waals surface area contributed by atoms with Crippen molar-refractivity contribution in [2.45, 2.75) is 76.3 Å². The summed E-state index contributed by atoms with van der Waals surface area (Å²) in [5.74, 6) is 0. The van der Waals surface area contributed by atoms with Crippen LogP contribution in [-0.4, -0.2) is 23.6 Å². The average molecular weight is 235 g/mol. The minimum Gasteiger partial charge on any atom is -0.240 e. The van der Waals surface area contributed by atoms with Gasteiger partial charge in [-0.3, -0.25) is 0 Å². The van der Waals surface area contributed by atoms with Crippen molar-refractivity contribution in [2.24, 2.45) is 0 Å². The van der Waals surface area contributed by atoms with Crippen LogP contribution in [0.25, 0.3) is 0 Å². The van der Waals surface area contributed by atoms with Gasteiger partial charge < -0.3 is 0 Å². The molecule has 2 aliphatic rings. The highest BCUT2D eigenvalue weighted by molar-refractivity contribution is 4.83. The highest BCUT2D eigenvalue weighted by atomic mass is 15.5. The van der Waals surface area contributed by atoms with Crippen molar-refractivity contribution in [3.05, 3.63) is 0 Å². The molecule has 3 nitrogen and oxygen atoms in total. The third kappa shape index (κ3) is 3.69. The first-order valence-corrected chi connectivity index (χ1v) is 7.30. The molecule has 0 radical (unpaired) electrons. The number of rotatable bonds is 4. The molecule has 0 bridgehead atoms. The first-order valence-electron chi connectivity index (χ1n) is 7.30. The SMILES string of the molecule is N#CCNN(C1CCCCC1)C1CCCCC1. The number of hydrogen-bond donors (Lipinski definition) is 1. The number of hydrazine groups is 1. The Morgan fingerprint density at radius 2 is 1.35 bits per heavy atom. The van der Waals surface area contributed by atoms with Gasteiger partial charge in [0.25, 0.3) is 0 Å². The molecule has 3 heteroatoms. The summed E-state index contributed by atoms with van der Waals surface area (Å²) in [5.41, 5.74) is 3.38. The van der Waals surface area contributed by atoms with Gasteiger partial charge in [0.2, 0.25) is 0 Å². The van der Waals surface area contributed by atoms with Gasteiger partial charge in [-0.05, 0) is 25.7 Å². The number of nitrogens with one attached hydrogen (secondary N) is 1. The molecule has 0 aromatic heterocycles. The van der Waals surface area contributed by atoms with Crippen molar-refractivity contribution in [3.8, 4) is 6.07 Å². The Balaban J connectivity index is 1.92. The number of nitriles is 1. The van der Waals surface area contributed by atoms with Crippen LogP contribution in [0, 0.1) is 11.3 Å². The summed E-state index contributed by atoms with van der Waals surface area (Å²) in [4.78, 5) is 0. The topological polar surface area (TPSA) is 39.1 Å². The van der Waals surface area contributed by atoms with Gasteiger partial charge in [-0.2, -0.15) is 5.26 Å². The summed E-state index contributed by atoms with van der Waals surface area (Å²) >= 11 is 0. The van der Waals surface area contributed by atoms with Crippen LogP contribution in [-0.2, 0) is 0 Å². The number of hydrogen-bond acceptors (Lipinski definition) is 3. The Kier molecular flexibility index (Phi) is 5.28. The van der Waals surface area contributed by atoms with Crippen LogP contribution >= 0.6 is 0 Å². The lowest BCUT2D eigenvalue weighted by molar-refractivity contribution is 0.0340.